The van der Waals surface area contributed by atoms with Crippen LogP contribution in [0.3, 0.4) is 0 Å². The molecule has 0 saturated carbocycles. The molecule has 1 saturated heterocycles. The summed E-state index contributed by atoms with van der Waals surface area (Å²) < 4.78 is 18.6. The van der Waals surface area contributed by atoms with E-state index < -0.39 is 0 Å². The number of carbonyl (C=O) groups excluding carboxylic acids is 1. The van der Waals surface area contributed by atoms with Gasteiger partial charge in [0.25, 0.3) is 5.91 Å². The number of benzene rings is 2. The average Bonchev–Trinajstić information content (AvgIpc) is 2.67. The minimum absolute atomic E-state index is 0.0176. The molecular weight excluding hydrogens is 319 g/mol. The largest absolute Gasteiger partial charge is 0.493 e. The summed E-state index contributed by atoms with van der Waals surface area (Å²) in [6.07, 6.45) is 1.93. The number of hydrogen-bond donors (Lipinski definition) is 0. The first-order valence-electron chi connectivity index (χ1n) is 8.33. The van der Waals surface area contributed by atoms with Crippen LogP contribution in [0.4, 0.5) is 4.39 Å². The molecule has 1 fully saturated rings. The zero-order valence-electron chi connectivity index (χ0n) is 13.8. The highest BCUT2D eigenvalue weighted by atomic mass is 19.1. The van der Waals surface area contributed by atoms with Crippen LogP contribution < -0.4 is 4.74 Å². The first-order chi connectivity index (χ1) is 12.2. The average molecular weight is 338 g/mol. The van der Waals surface area contributed by atoms with Crippen LogP contribution in [0.25, 0.3) is 0 Å². The van der Waals surface area contributed by atoms with Crippen LogP contribution in [-0.4, -0.2) is 30.5 Å². The summed E-state index contributed by atoms with van der Waals surface area (Å²) in [7, 11) is 0. The number of hydrogen-bond acceptors (Lipinski definition) is 3. The number of rotatable bonds is 4. The van der Waals surface area contributed by atoms with Crippen molar-refractivity contribution in [2.45, 2.75) is 12.8 Å². The molecule has 5 heteroatoms. The molecule has 1 unspecified atom stereocenters. The summed E-state index contributed by atoms with van der Waals surface area (Å²) >= 11 is 0. The third kappa shape index (κ3) is 4.36. The standard InChI is InChI=1S/C20H19FN2O2/c21-18-7-9-19(10-8-18)25-14-16-2-1-11-23(13-16)20(24)17-5-3-15(12-22)4-6-17/h3-10,16H,1-2,11,13-14H2. The monoisotopic (exact) mass is 338 g/mol. The van der Waals surface area contributed by atoms with Gasteiger partial charge in [0.05, 0.1) is 18.2 Å². The van der Waals surface area contributed by atoms with Gasteiger partial charge >= 0.3 is 0 Å². The van der Waals surface area contributed by atoms with Crippen molar-refractivity contribution in [3.8, 4) is 11.8 Å². The highest BCUT2D eigenvalue weighted by Crippen LogP contribution is 2.21. The van der Waals surface area contributed by atoms with Gasteiger partial charge in [-0.05, 0) is 61.4 Å². The molecule has 2 aromatic rings. The number of nitrogens with zero attached hydrogens (tertiary/aromatic N) is 2. The molecule has 0 aromatic heterocycles. The SMILES string of the molecule is N#Cc1ccc(C(=O)N2CCCC(COc3ccc(F)cc3)C2)cc1. The van der Waals surface area contributed by atoms with E-state index in [4.69, 9.17) is 10.00 Å². The van der Waals surface area contributed by atoms with E-state index in [1.165, 1.54) is 12.1 Å². The van der Waals surface area contributed by atoms with Crippen molar-refractivity contribution in [3.05, 3.63) is 65.5 Å². The number of carbonyl (C=O) groups is 1. The predicted molar refractivity (Wildman–Crippen MR) is 91.7 cm³/mol. The van der Waals surface area contributed by atoms with Crippen LogP contribution in [0.5, 0.6) is 5.75 Å². The molecule has 0 bridgehead atoms. The maximum atomic E-state index is 12.9. The second-order valence-corrected chi connectivity index (χ2v) is 6.21. The Morgan fingerprint density at radius 2 is 1.92 bits per heavy atom. The van der Waals surface area contributed by atoms with Gasteiger partial charge in [-0.15, -0.1) is 0 Å². The minimum Gasteiger partial charge on any atom is -0.493 e. The molecule has 1 amide bonds. The smallest absolute Gasteiger partial charge is 0.253 e. The molecule has 0 N–H and O–H groups in total. The lowest BCUT2D eigenvalue weighted by molar-refractivity contribution is 0.0633. The van der Waals surface area contributed by atoms with Gasteiger partial charge in [-0.1, -0.05) is 0 Å². The number of ether oxygens (including phenoxy) is 1. The number of halogens is 1. The number of nitriles is 1. The second-order valence-electron chi connectivity index (χ2n) is 6.21. The van der Waals surface area contributed by atoms with Gasteiger partial charge in [0, 0.05) is 24.6 Å². The van der Waals surface area contributed by atoms with Crippen LogP contribution in [0.15, 0.2) is 48.5 Å². The van der Waals surface area contributed by atoms with Crippen molar-refractivity contribution in [3.63, 3.8) is 0 Å². The van der Waals surface area contributed by atoms with E-state index in [-0.39, 0.29) is 17.6 Å². The van der Waals surface area contributed by atoms with Crippen LogP contribution in [-0.2, 0) is 0 Å². The lowest BCUT2D eigenvalue weighted by atomic mass is 9.98. The molecule has 2 aromatic carbocycles. The number of piperidine rings is 1. The van der Waals surface area contributed by atoms with Gasteiger partial charge < -0.3 is 9.64 Å². The Balaban J connectivity index is 1.57. The third-order valence-corrected chi connectivity index (χ3v) is 4.37. The second kappa shape index (κ2) is 7.80. The summed E-state index contributed by atoms with van der Waals surface area (Å²) in [5, 5.41) is 8.84. The van der Waals surface area contributed by atoms with E-state index in [2.05, 4.69) is 6.07 Å². The van der Waals surface area contributed by atoms with Gasteiger partial charge in [0.2, 0.25) is 0 Å². The fourth-order valence-electron chi connectivity index (χ4n) is 3.00. The molecule has 0 radical (unpaired) electrons. The molecule has 1 aliphatic heterocycles. The van der Waals surface area contributed by atoms with E-state index in [0.717, 1.165) is 19.4 Å². The third-order valence-electron chi connectivity index (χ3n) is 4.37. The van der Waals surface area contributed by atoms with Crippen molar-refractivity contribution in [2.75, 3.05) is 19.7 Å². The number of amides is 1. The van der Waals surface area contributed by atoms with Gasteiger partial charge in [-0.2, -0.15) is 5.26 Å². The first-order valence-corrected chi connectivity index (χ1v) is 8.33. The van der Waals surface area contributed by atoms with E-state index in [9.17, 15) is 9.18 Å². The Morgan fingerprint density at radius 1 is 1.20 bits per heavy atom. The Kier molecular flexibility index (Phi) is 5.30. The minimum atomic E-state index is -0.288. The lowest BCUT2D eigenvalue weighted by Gasteiger charge is -2.32. The van der Waals surface area contributed by atoms with E-state index in [1.807, 2.05) is 4.90 Å². The van der Waals surface area contributed by atoms with Gasteiger partial charge in [-0.25, -0.2) is 4.39 Å². The van der Waals surface area contributed by atoms with Crippen molar-refractivity contribution >= 4 is 5.91 Å². The summed E-state index contributed by atoms with van der Waals surface area (Å²) in [4.78, 5) is 14.5. The Labute approximate surface area is 146 Å². The van der Waals surface area contributed by atoms with Gasteiger partial charge in [-0.3, -0.25) is 4.79 Å². The molecule has 1 heterocycles. The Morgan fingerprint density at radius 3 is 2.60 bits per heavy atom. The fourth-order valence-corrected chi connectivity index (χ4v) is 3.00. The van der Waals surface area contributed by atoms with Crippen LogP contribution in [0.1, 0.15) is 28.8 Å². The zero-order chi connectivity index (χ0) is 17.6. The van der Waals surface area contributed by atoms with Crippen molar-refractivity contribution < 1.29 is 13.9 Å². The summed E-state index contributed by atoms with van der Waals surface area (Å²) in [5.41, 5.74) is 1.14. The van der Waals surface area contributed by atoms with Gasteiger partial charge in [0.1, 0.15) is 11.6 Å². The maximum Gasteiger partial charge on any atom is 0.253 e. The van der Waals surface area contributed by atoms with Gasteiger partial charge in [0.15, 0.2) is 0 Å². The van der Waals surface area contributed by atoms with Crippen molar-refractivity contribution in [1.29, 1.82) is 5.26 Å². The Hall–Kier alpha value is -2.87. The number of likely N-dealkylation sites (tertiary alicyclic amines) is 1. The normalized spacial score (nSPS) is 17.0. The molecule has 0 aliphatic carbocycles. The van der Waals surface area contributed by atoms with Crippen molar-refractivity contribution in [2.24, 2.45) is 5.92 Å². The van der Waals surface area contributed by atoms with E-state index >= 15 is 0 Å². The van der Waals surface area contributed by atoms with Crippen LogP contribution in [0.2, 0.25) is 0 Å². The highest BCUT2D eigenvalue weighted by Gasteiger charge is 2.25. The molecule has 1 aliphatic rings. The first kappa shape index (κ1) is 17.0. The fraction of sp³-hybridized carbons (Fsp3) is 0.300. The molecule has 25 heavy (non-hydrogen) atoms. The molecule has 1 atom stereocenters. The molecular formula is C20H19FN2O2. The Bertz CT molecular complexity index is 766. The zero-order valence-corrected chi connectivity index (χ0v) is 13.8. The molecule has 3 rings (SSSR count). The quantitative estimate of drug-likeness (QED) is 0.855. The lowest BCUT2D eigenvalue weighted by Crippen LogP contribution is -2.41. The van der Waals surface area contributed by atoms with Crippen LogP contribution >= 0.6 is 0 Å². The topological polar surface area (TPSA) is 53.3 Å². The summed E-state index contributed by atoms with van der Waals surface area (Å²) in [6.45, 7) is 1.87. The van der Waals surface area contributed by atoms with Crippen LogP contribution in [0, 0.1) is 23.1 Å². The summed E-state index contributed by atoms with van der Waals surface area (Å²) in [5.74, 6) is 0.582. The molecule has 4 nitrogen and oxygen atoms in total. The molecule has 128 valence electrons. The van der Waals surface area contributed by atoms with E-state index in [0.29, 0.717) is 30.0 Å². The van der Waals surface area contributed by atoms with E-state index in [1.54, 1.807) is 36.4 Å². The highest BCUT2D eigenvalue weighted by molar-refractivity contribution is 5.94. The summed E-state index contributed by atoms with van der Waals surface area (Å²) in [6, 6.07) is 14.7. The predicted octanol–water partition coefficient (Wildman–Crippen LogP) is 3.63. The molecule has 0 spiro atoms. The van der Waals surface area contributed by atoms with Crippen molar-refractivity contribution in [1.82, 2.24) is 4.90 Å². The maximum absolute atomic E-state index is 12.9.